The van der Waals surface area contributed by atoms with Gasteiger partial charge in [0, 0.05) is 43.5 Å². The van der Waals surface area contributed by atoms with Crippen molar-refractivity contribution in [2.24, 2.45) is 0 Å². The topological polar surface area (TPSA) is 92.4 Å². The summed E-state index contributed by atoms with van der Waals surface area (Å²) in [4.78, 5) is 28.0. The van der Waals surface area contributed by atoms with E-state index < -0.39 is 0 Å². The second-order valence-electron chi connectivity index (χ2n) is 6.58. The minimum Gasteiger partial charge on any atom is -0.457 e. The van der Waals surface area contributed by atoms with Crippen LogP contribution in [0.2, 0.25) is 0 Å². The number of nitrogens with one attached hydrogen (secondary N) is 3. The zero-order valence-corrected chi connectivity index (χ0v) is 15.5. The van der Waals surface area contributed by atoms with E-state index in [2.05, 4.69) is 20.9 Å². The van der Waals surface area contributed by atoms with Crippen LogP contribution in [0.15, 0.2) is 36.5 Å². The fraction of sp³-hybridized carbons (Fsp3) is 0.350. The molecule has 1 fully saturated rings. The minimum absolute atomic E-state index is 0.0185. The van der Waals surface area contributed by atoms with Crippen molar-refractivity contribution in [1.82, 2.24) is 15.6 Å². The highest BCUT2D eigenvalue weighted by atomic mass is 16.5. The number of hydrogen-bond donors (Lipinski definition) is 3. The smallest absolute Gasteiger partial charge is 0.269 e. The van der Waals surface area contributed by atoms with Crippen LogP contribution in [0.4, 0.5) is 5.69 Å². The van der Waals surface area contributed by atoms with Gasteiger partial charge in [0.25, 0.3) is 5.91 Å². The number of nitrogens with zero attached hydrogens (tertiary/aromatic N) is 1. The molecule has 1 unspecified atom stereocenters. The molecule has 0 saturated carbocycles. The van der Waals surface area contributed by atoms with E-state index in [-0.39, 0.29) is 23.6 Å². The average molecular weight is 368 g/mol. The average Bonchev–Trinajstić information content (AvgIpc) is 3.17. The first-order valence-electron chi connectivity index (χ1n) is 9.05. The summed E-state index contributed by atoms with van der Waals surface area (Å²) >= 11 is 0. The quantitative estimate of drug-likeness (QED) is 0.729. The lowest BCUT2D eigenvalue weighted by atomic mass is 10.1. The molecule has 1 aromatic carbocycles. The number of aromatic nitrogens is 1. The van der Waals surface area contributed by atoms with Crippen LogP contribution in [0.25, 0.3) is 0 Å². The van der Waals surface area contributed by atoms with Crippen molar-refractivity contribution in [2.75, 3.05) is 18.9 Å². The molecule has 0 aliphatic carbocycles. The van der Waals surface area contributed by atoms with E-state index in [1.165, 1.54) is 6.20 Å². The Labute approximate surface area is 158 Å². The molecule has 1 aliphatic heterocycles. The van der Waals surface area contributed by atoms with E-state index in [1.807, 2.05) is 19.1 Å². The standard InChI is InChI=1S/C20H24N4O3/c1-13-5-6-15(24-19(25)11-14-4-3-8-22-14)10-18(13)27-16-7-9-23-17(12-16)20(26)21-2/h5-7,9-10,12,14,22H,3-4,8,11H2,1-2H3,(H,21,26)(H,24,25). The highest BCUT2D eigenvalue weighted by molar-refractivity contribution is 5.92. The van der Waals surface area contributed by atoms with Gasteiger partial charge in [-0.15, -0.1) is 0 Å². The fourth-order valence-corrected chi connectivity index (χ4v) is 3.01. The van der Waals surface area contributed by atoms with Gasteiger partial charge in [0.2, 0.25) is 5.91 Å². The van der Waals surface area contributed by atoms with Crippen LogP contribution in [-0.2, 0) is 4.79 Å². The lowest BCUT2D eigenvalue weighted by molar-refractivity contribution is -0.116. The Morgan fingerprint density at radius 1 is 1.30 bits per heavy atom. The highest BCUT2D eigenvalue weighted by Gasteiger charge is 2.18. The number of carbonyl (C=O) groups excluding carboxylic acids is 2. The van der Waals surface area contributed by atoms with Gasteiger partial charge in [-0.25, -0.2) is 0 Å². The molecular weight excluding hydrogens is 344 g/mol. The van der Waals surface area contributed by atoms with Crippen molar-refractivity contribution in [1.29, 1.82) is 0 Å². The SMILES string of the molecule is CNC(=O)c1cc(Oc2cc(NC(=O)CC3CCCN3)ccc2C)ccn1. The molecule has 2 aromatic rings. The molecule has 142 valence electrons. The van der Waals surface area contributed by atoms with Gasteiger partial charge in [0.15, 0.2) is 0 Å². The summed E-state index contributed by atoms with van der Waals surface area (Å²) < 4.78 is 5.92. The van der Waals surface area contributed by atoms with Crippen molar-refractivity contribution < 1.29 is 14.3 Å². The zero-order chi connectivity index (χ0) is 19.2. The summed E-state index contributed by atoms with van der Waals surface area (Å²) in [6.45, 7) is 2.90. The molecule has 2 heterocycles. The number of ether oxygens (including phenoxy) is 1. The Morgan fingerprint density at radius 3 is 2.89 bits per heavy atom. The van der Waals surface area contributed by atoms with Crippen molar-refractivity contribution in [2.45, 2.75) is 32.2 Å². The lowest BCUT2D eigenvalue weighted by Crippen LogP contribution is -2.27. The van der Waals surface area contributed by atoms with Gasteiger partial charge in [-0.05, 0) is 44.0 Å². The molecular formula is C20H24N4O3. The van der Waals surface area contributed by atoms with Gasteiger partial charge in [0.05, 0.1) is 0 Å². The molecule has 27 heavy (non-hydrogen) atoms. The molecule has 2 amide bonds. The molecule has 3 N–H and O–H groups in total. The number of pyridine rings is 1. The molecule has 3 rings (SSSR count). The summed E-state index contributed by atoms with van der Waals surface area (Å²) in [7, 11) is 1.55. The maximum atomic E-state index is 12.2. The van der Waals surface area contributed by atoms with Gasteiger partial charge in [0.1, 0.15) is 17.2 Å². The van der Waals surface area contributed by atoms with Gasteiger partial charge >= 0.3 is 0 Å². The van der Waals surface area contributed by atoms with Gasteiger partial charge in [-0.1, -0.05) is 6.07 Å². The Hall–Kier alpha value is -2.93. The number of anilines is 1. The van der Waals surface area contributed by atoms with E-state index in [4.69, 9.17) is 4.74 Å². The van der Waals surface area contributed by atoms with Crippen molar-refractivity contribution >= 4 is 17.5 Å². The number of benzene rings is 1. The summed E-state index contributed by atoms with van der Waals surface area (Å²) in [5, 5.41) is 8.78. The van der Waals surface area contributed by atoms with Crippen molar-refractivity contribution in [3.63, 3.8) is 0 Å². The molecule has 0 bridgehead atoms. The van der Waals surface area contributed by atoms with Crippen LogP contribution in [0.5, 0.6) is 11.5 Å². The molecule has 1 saturated heterocycles. The third-order valence-electron chi connectivity index (χ3n) is 4.48. The van der Waals surface area contributed by atoms with Gasteiger partial charge < -0.3 is 20.7 Å². The molecule has 7 heteroatoms. The van der Waals surface area contributed by atoms with Crippen LogP contribution in [-0.4, -0.2) is 36.4 Å². The zero-order valence-electron chi connectivity index (χ0n) is 15.5. The van der Waals surface area contributed by atoms with Gasteiger partial charge in [-0.2, -0.15) is 0 Å². The van der Waals surface area contributed by atoms with Crippen LogP contribution >= 0.6 is 0 Å². The third-order valence-corrected chi connectivity index (χ3v) is 4.48. The summed E-state index contributed by atoms with van der Waals surface area (Å²) in [6, 6.07) is 9.05. The van der Waals surface area contributed by atoms with E-state index in [1.54, 1.807) is 25.2 Å². The third kappa shape index (κ3) is 5.04. The number of amides is 2. The predicted octanol–water partition coefficient (Wildman–Crippen LogP) is 2.62. The highest BCUT2D eigenvalue weighted by Crippen LogP contribution is 2.28. The Bertz CT molecular complexity index is 832. The van der Waals surface area contributed by atoms with Crippen molar-refractivity contribution in [3.8, 4) is 11.5 Å². The number of hydrogen-bond acceptors (Lipinski definition) is 5. The van der Waals surface area contributed by atoms with E-state index in [0.717, 1.165) is 24.9 Å². The van der Waals surface area contributed by atoms with E-state index >= 15 is 0 Å². The number of carbonyl (C=O) groups is 2. The fourth-order valence-electron chi connectivity index (χ4n) is 3.01. The molecule has 0 radical (unpaired) electrons. The van der Waals surface area contributed by atoms with E-state index in [0.29, 0.717) is 23.6 Å². The largest absolute Gasteiger partial charge is 0.457 e. The molecule has 1 atom stereocenters. The van der Waals surface area contributed by atoms with Crippen LogP contribution in [0, 0.1) is 6.92 Å². The maximum absolute atomic E-state index is 12.2. The minimum atomic E-state index is -0.279. The second kappa shape index (κ2) is 8.64. The molecule has 0 spiro atoms. The predicted molar refractivity (Wildman–Crippen MR) is 103 cm³/mol. The van der Waals surface area contributed by atoms with Crippen LogP contribution in [0.1, 0.15) is 35.3 Å². The number of aryl methyl sites for hydroxylation is 1. The molecule has 1 aliphatic rings. The summed E-state index contributed by atoms with van der Waals surface area (Å²) in [6.07, 6.45) is 4.13. The first-order chi connectivity index (χ1) is 13.0. The molecule has 1 aromatic heterocycles. The Kier molecular flexibility index (Phi) is 6.03. The van der Waals surface area contributed by atoms with Gasteiger partial charge in [-0.3, -0.25) is 14.6 Å². The number of rotatable bonds is 6. The summed E-state index contributed by atoms with van der Waals surface area (Å²) in [5.41, 5.74) is 1.88. The van der Waals surface area contributed by atoms with Crippen LogP contribution in [0.3, 0.4) is 0 Å². The lowest BCUT2D eigenvalue weighted by Gasteiger charge is -2.13. The maximum Gasteiger partial charge on any atom is 0.269 e. The van der Waals surface area contributed by atoms with Crippen LogP contribution < -0.4 is 20.7 Å². The molecule has 7 nitrogen and oxygen atoms in total. The first kappa shape index (κ1) is 18.8. The summed E-state index contributed by atoms with van der Waals surface area (Å²) in [5.74, 6) is 0.819. The monoisotopic (exact) mass is 368 g/mol. The normalized spacial score (nSPS) is 16.0. The van der Waals surface area contributed by atoms with Crippen molar-refractivity contribution in [3.05, 3.63) is 47.8 Å². The second-order valence-corrected chi connectivity index (χ2v) is 6.58. The first-order valence-corrected chi connectivity index (χ1v) is 9.05. The Balaban J connectivity index is 1.69. The van der Waals surface area contributed by atoms with E-state index in [9.17, 15) is 9.59 Å². The Morgan fingerprint density at radius 2 is 2.15 bits per heavy atom.